The number of benzene rings is 1. The van der Waals surface area contributed by atoms with Gasteiger partial charge in [0.15, 0.2) is 5.82 Å². The number of aromatic amines is 2. The summed E-state index contributed by atoms with van der Waals surface area (Å²) in [5.41, 5.74) is 4.23. The number of fused-ring (bicyclic) bond motifs is 1. The summed E-state index contributed by atoms with van der Waals surface area (Å²) in [5.74, 6) is 0.820. The van der Waals surface area contributed by atoms with E-state index in [0.717, 1.165) is 29.1 Å². The van der Waals surface area contributed by atoms with Crippen LogP contribution < -0.4 is 5.32 Å². The summed E-state index contributed by atoms with van der Waals surface area (Å²) in [7, 11) is 0. The molecule has 0 aliphatic rings. The average Bonchev–Trinajstić information content (AvgIpc) is 3.03. The molecule has 2 aromatic heterocycles. The van der Waals surface area contributed by atoms with Crippen LogP contribution in [0, 0.1) is 0 Å². The number of hydrogen-bond acceptors (Lipinski definition) is 3. The van der Waals surface area contributed by atoms with Gasteiger partial charge in [-0.05, 0) is 38.5 Å². The monoisotopic (exact) mass is 269 g/mol. The zero-order valence-electron chi connectivity index (χ0n) is 12.0. The maximum absolute atomic E-state index is 4.69. The third-order valence-electron chi connectivity index (χ3n) is 3.16. The molecule has 0 unspecified atom stereocenters. The van der Waals surface area contributed by atoms with E-state index in [0.29, 0.717) is 0 Å². The van der Waals surface area contributed by atoms with E-state index in [4.69, 9.17) is 0 Å². The van der Waals surface area contributed by atoms with Crippen LogP contribution in [0.25, 0.3) is 22.6 Å². The molecule has 104 valence electrons. The van der Waals surface area contributed by atoms with Gasteiger partial charge in [-0.2, -0.15) is 5.10 Å². The molecule has 0 amide bonds. The van der Waals surface area contributed by atoms with Crippen LogP contribution in [0.5, 0.6) is 0 Å². The molecule has 0 aliphatic carbocycles. The van der Waals surface area contributed by atoms with Crippen molar-refractivity contribution in [1.82, 2.24) is 25.5 Å². The zero-order valence-corrected chi connectivity index (χ0v) is 12.0. The Morgan fingerprint density at radius 3 is 2.75 bits per heavy atom. The van der Waals surface area contributed by atoms with Crippen molar-refractivity contribution in [3.05, 3.63) is 36.0 Å². The molecule has 5 heteroatoms. The molecular formula is C15H19N5. The van der Waals surface area contributed by atoms with Crippen LogP contribution in [0.1, 0.15) is 26.3 Å². The van der Waals surface area contributed by atoms with E-state index in [2.05, 4.69) is 58.4 Å². The van der Waals surface area contributed by atoms with Crippen molar-refractivity contribution in [2.45, 2.75) is 32.9 Å². The second-order valence-electron chi connectivity index (χ2n) is 5.97. The molecule has 0 bridgehead atoms. The molecule has 5 nitrogen and oxygen atoms in total. The smallest absolute Gasteiger partial charge is 0.156 e. The van der Waals surface area contributed by atoms with Gasteiger partial charge in [-0.15, -0.1) is 0 Å². The van der Waals surface area contributed by atoms with Crippen molar-refractivity contribution in [2.24, 2.45) is 0 Å². The van der Waals surface area contributed by atoms with E-state index < -0.39 is 0 Å². The maximum atomic E-state index is 4.69. The minimum atomic E-state index is 0.0880. The zero-order chi connectivity index (χ0) is 14.2. The van der Waals surface area contributed by atoms with E-state index in [1.54, 1.807) is 6.20 Å². The van der Waals surface area contributed by atoms with Gasteiger partial charge in [0, 0.05) is 18.3 Å². The molecule has 0 saturated carbocycles. The first kappa shape index (κ1) is 12.9. The highest BCUT2D eigenvalue weighted by atomic mass is 15.1. The van der Waals surface area contributed by atoms with Crippen LogP contribution in [0.3, 0.4) is 0 Å². The molecule has 0 saturated heterocycles. The number of aromatic nitrogens is 4. The Morgan fingerprint density at radius 2 is 2.05 bits per heavy atom. The lowest BCUT2D eigenvalue weighted by Gasteiger charge is -2.20. The minimum absolute atomic E-state index is 0.0880. The third-order valence-corrected chi connectivity index (χ3v) is 3.16. The van der Waals surface area contributed by atoms with Crippen molar-refractivity contribution in [1.29, 1.82) is 0 Å². The van der Waals surface area contributed by atoms with Crippen molar-refractivity contribution in [3.63, 3.8) is 0 Å². The quantitative estimate of drug-likeness (QED) is 0.684. The Kier molecular flexibility index (Phi) is 3.06. The molecule has 3 N–H and O–H groups in total. The lowest BCUT2D eigenvalue weighted by atomic mass is 10.1. The van der Waals surface area contributed by atoms with Crippen LogP contribution >= 0.6 is 0 Å². The van der Waals surface area contributed by atoms with Gasteiger partial charge in [-0.1, -0.05) is 12.1 Å². The van der Waals surface area contributed by atoms with E-state index in [-0.39, 0.29) is 5.54 Å². The first-order chi connectivity index (χ1) is 9.53. The molecule has 0 spiro atoms. The molecule has 0 atom stereocenters. The van der Waals surface area contributed by atoms with Crippen LogP contribution in [0.4, 0.5) is 0 Å². The van der Waals surface area contributed by atoms with Gasteiger partial charge in [-0.3, -0.25) is 5.10 Å². The summed E-state index contributed by atoms with van der Waals surface area (Å²) in [6.45, 7) is 7.28. The predicted molar refractivity (Wildman–Crippen MR) is 80.3 cm³/mol. The van der Waals surface area contributed by atoms with Gasteiger partial charge in [0.1, 0.15) is 5.69 Å². The maximum Gasteiger partial charge on any atom is 0.156 e. The molecule has 3 rings (SSSR count). The van der Waals surface area contributed by atoms with Gasteiger partial charge >= 0.3 is 0 Å². The lowest BCUT2D eigenvalue weighted by Crippen LogP contribution is -2.35. The Bertz CT molecular complexity index is 704. The van der Waals surface area contributed by atoms with Gasteiger partial charge in [-0.25, -0.2) is 4.98 Å². The van der Waals surface area contributed by atoms with Gasteiger partial charge in [0.25, 0.3) is 0 Å². The molecule has 0 aliphatic heterocycles. The van der Waals surface area contributed by atoms with Crippen molar-refractivity contribution in [3.8, 4) is 11.5 Å². The largest absolute Gasteiger partial charge is 0.337 e. The number of rotatable bonds is 3. The van der Waals surface area contributed by atoms with Gasteiger partial charge in [0.05, 0.1) is 11.0 Å². The molecule has 1 aromatic carbocycles. The van der Waals surface area contributed by atoms with Crippen LogP contribution in [-0.4, -0.2) is 25.7 Å². The number of nitrogens with zero attached hydrogens (tertiary/aromatic N) is 2. The molecular weight excluding hydrogens is 250 g/mol. The predicted octanol–water partition coefficient (Wildman–Crippen LogP) is 2.84. The summed E-state index contributed by atoms with van der Waals surface area (Å²) in [5, 5.41) is 10.4. The van der Waals surface area contributed by atoms with Crippen LogP contribution in [-0.2, 0) is 6.54 Å². The minimum Gasteiger partial charge on any atom is -0.337 e. The fourth-order valence-electron chi connectivity index (χ4n) is 2.11. The SMILES string of the molecule is CC(C)(C)NCc1cccc2[nH]c(-c3ccn[nH]3)nc12. The highest BCUT2D eigenvalue weighted by Crippen LogP contribution is 2.21. The summed E-state index contributed by atoms with van der Waals surface area (Å²) in [4.78, 5) is 8.01. The van der Waals surface area contributed by atoms with Crippen molar-refractivity contribution >= 4 is 11.0 Å². The summed E-state index contributed by atoms with van der Waals surface area (Å²) < 4.78 is 0. The third kappa shape index (κ3) is 2.58. The second-order valence-corrected chi connectivity index (χ2v) is 5.97. The molecule has 20 heavy (non-hydrogen) atoms. The summed E-state index contributed by atoms with van der Waals surface area (Å²) >= 11 is 0. The van der Waals surface area contributed by atoms with E-state index >= 15 is 0 Å². The topological polar surface area (TPSA) is 69.4 Å². The lowest BCUT2D eigenvalue weighted by molar-refractivity contribution is 0.425. The fraction of sp³-hybridized carbons (Fsp3) is 0.333. The highest BCUT2D eigenvalue weighted by Gasteiger charge is 2.12. The van der Waals surface area contributed by atoms with Crippen molar-refractivity contribution in [2.75, 3.05) is 0 Å². The Morgan fingerprint density at radius 1 is 1.20 bits per heavy atom. The number of para-hydroxylation sites is 1. The summed E-state index contributed by atoms with van der Waals surface area (Å²) in [6, 6.07) is 8.11. The Labute approximate surface area is 117 Å². The number of nitrogens with one attached hydrogen (secondary N) is 3. The van der Waals surface area contributed by atoms with Crippen molar-refractivity contribution < 1.29 is 0 Å². The van der Waals surface area contributed by atoms with E-state index in [1.807, 2.05) is 12.1 Å². The standard InChI is InChI=1S/C15H19N5/c1-15(2,3)16-9-10-5-4-6-11-13(10)19-14(18-11)12-7-8-17-20-12/h4-8,16H,9H2,1-3H3,(H,17,20)(H,18,19). The Balaban J connectivity index is 1.97. The molecule has 0 radical (unpaired) electrons. The van der Waals surface area contributed by atoms with E-state index in [9.17, 15) is 0 Å². The van der Waals surface area contributed by atoms with Crippen LogP contribution in [0.15, 0.2) is 30.5 Å². The van der Waals surface area contributed by atoms with Crippen LogP contribution in [0.2, 0.25) is 0 Å². The molecule has 0 fully saturated rings. The normalized spacial score (nSPS) is 12.2. The fourth-order valence-corrected chi connectivity index (χ4v) is 2.11. The Hall–Kier alpha value is -2.14. The van der Waals surface area contributed by atoms with E-state index in [1.165, 1.54) is 5.56 Å². The van der Waals surface area contributed by atoms with Gasteiger partial charge in [0.2, 0.25) is 0 Å². The number of H-pyrrole nitrogens is 2. The van der Waals surface area contributed by atoms with Gasteiger partial charge < -0.3 is 10.3 Å². The second kappa shape index (κ2) is 4.76. The summed E-state index contributed by atoms with van der Waals surface area (Å²) in [6.07, 6.45) is 1.73. The first-order valence-electron chi connectivity index (χ1n) is 6.75. The molecule has 3 aromatic rings. The number of hydrogen-bond donors (Lipinski definition) is 3. The first-order valence-corrected chi connectivity index (χ1v) is 6.75. The number of imidazole rings is 1. The average molecular weight is 269 g/mol. The highest BCUT2D eigenvalue weighted by molar-refractivity contribution is 5.81. The molecule has 2 heterocycles.